The van der Waals surface area contributed by atoms with Gasteiger partial charge in [0.15, 0.2) is 0 Å². The van der Waals surface area contributed by atoms with Gasteiger partial charge in [0.2, 0.25) is 0 Å². The SMILES string of the molecule is c1ccc(N(c2ccc3c(c2)-c2ccccc2-c2ccccc2N3c2ccccc2)c2ccc3c(c2)-c2ccccc2-c2cc(N(c4ccccc4)c4ccc5c(c4)-c4ccccc4-c4ccccc4N5c4ccccc4)ccc2N3c2ccccc2)cc1. The molecule has 89 heavy (non-hydrogen) atoms. The van der Waals surface area contributed by atoms with E-state index in [1.165, 1.54) is 33.4 Å². The van der Waals surface area contributed by atoms with E-state index in [1.807, 2.05) is 0 Å². The van der Waals surface area contributed by atoms with E-state index >= 15 is 0 Å². The van der Waals surface area contributed by atoms with Crippen molar-refractivity contribution >= 4 is 85.3 Å². The predicted molar refractivity (Wildman–Crippen MR) is 373 cm³/mol. The summed E-state index contributed by atoms with van der Waals surface area (Å²) in [6, 6.07) is 126. The van der Waals surface area contributed by atoms with Gasteiger partial charge in [0.05, 0.1) is 34.1 Å². The summed E-state index contributed by atoms with van der Waals surface area (Å²) in [5, 5.41) is 0. The van der Waals surface area contributed by atoms with Crippen molar-refractivity contribution in [2.45, 2.75) is 0 Å². The van der Waals surface area contributed by atoms with Gasteiger partial charge in [-0.3, -0.25) is 0 Å². The van der Waals surface area contributed by atoms with Gasteiger partial charge in [-0.25, -0.2) is 0 Å². The minimum absolute atomic E-state index is 1.04. The molecule has 0 fully saturated rings. The summed E-state index contributed by atoms with van der Waals surface area (Å²) < 4.78 is 0. The molecule has 0 amide bonds. The second kappa shape index (κ2) is 21.5. The molecule has 0 radical (unpaired) electrons. The van der Waals surface area contributed by atoms with Gasteiger partial charge in [-0.2, -0.15) is 0 Å². The lowest BCUT2D eigenvalue weighted by molar-refractivity contribution is 1.25. The monoisotopic (exact) mass is 1140 g/mol. The Morgan fingerprint density at radius 1 is 0.146 bits per heavy atom. The van der Waals surface area contributed by atoms with Gasteiger partial charge in [0.1, 0.15) is 0 Å². The smallest absolute Gasteiger partial charge is 0.0542 e. The molecule has 17 rings (SSSR count). The highest BCUT2D eigenvalue weighted by Gasteiger charge is 2.32. The highest BCUT2D eigenvalue weighted by Crippen LogP contribution is 2.57. The van der Waals surface area contributed by atoms with Gasteiger partial charge >= 0.3 is 0 Å². The second-order valence-electron chi connectivity index (χ2n) is 22.8. The van der Waals surface area contributed by atoms with Gasteiger partial charge in [-0.1, -0.05) is 200 Å². The maximum Gasteiger partial charge on any atom is 0.0542 e. The first-order valence-electron chi connectivity index (χ1n) is 30.5. The van der Waals surface area contributed by atoms with Crippen LogP contribution in [0.4, 0.5) is 85.3 Å². The molecular weight excluding hydrogens is 1080 g/mol. The summed E-state index contributed by atoms with van der Waals surface area (Å²) in [7, 11) is 0. The van der Waals surface area contributed by atoms with Crippen LogP contribution in [-0.2, 0) is 0 Å². The van der Waals surface area contributed by atoms with Gasteiger partial charge in [0, 0.05) is 84.6 Å². The highest BCUT2D eigenvalue weighted by molar-refractivity contribution is 6.08. The molecule has 14 aromatic carbocycles. The van der Waals surface area contributed by atoms with Gasteiger partial charge in [-0.05, 0) is 179 Å². The molecule has 0 unspecified atom stereocenters. The Hall–Kier alpha value is -11.9. The minimum atomic E-state index is 1.04. The summed E-state index contributed by atoms with van der Waals surface area (Å²) in [4.78, 5) is 12.2. The van der Waals surface area contributed by atoms with Crippen LogP contribution in [0.1, 0.15) is 0 Å². The standard InChI is InChI=1S/C84H57N5/c1-6-26-58(27-7-1)85(63-46-50-81-75(54-63)69-38-18-16-36-67(69)73-42-22-24-44-79(73)87(81)60-30-10-3-11-31-60)65-48-52-83-77(56-65)71-40-20-21-41-72(71)78-57-66(49-53-84(78)89(83)62-34-14-5-15-35-62)86(59-28-8-2-9-29-59)64-47-51-82-76(55-64)70-39-19-17-37-68(70)74-43-23-25-45-80(74)88(82)61-32-12-4-13-33-61/h1-57H. The number of benzene rings is 14. The van der Waals surface area contributed by atoms with Crippen LogP contribution in [-0.4, -0.2) is 0 Å². The molecule has 0 saturated heterocycles. The van der Waals surface area contributed by atoms with Crippen LogP contribution in [0.5, 0.6) is 0 Å². The summed E-state index contributed by atoms with van der Waals surface area (Å²) in [6.07, 6.45) is 0. The first kappa shape index (κ1) is 51.5. The zero-order chi connectivity index (χ0) is 58.8. The fourth-order valence-corrected chi connectivity index (χ4v) is 14.0. The molecule has 5 heteroatoms. The van der Waals surface area contributed by atoms with Gasteiger partial charge in [-0.15, -0.1) is 0 Å². The topological polar surface area (TPSA) is 16.2 Å². The Morgan fingerprint density at radius 3 is 0.618 bits per heavy atom. The molecular formula is C84H57N5. The van der Waals surface area contributed by atoms with Crippen molar-refractivity contribution in [3.05, 3.63) is 346 Å². The van der Waals surface area contributed by atoms with Crippen molar-refractivity contribution in [1.82, 2.24) is 0 Å². The van der Waals surface area contributed by atoms with Crippen LogP contribution < -0.4 is 24.5 Å². The molecule has 3 heterocycles. The fraction of sp³-hybridized carbons (Fsp3) is 0. The highest BCUT2D eigenvalue weighted by atomic mass is 15.2. The average molecular weight is 1140 g/mol. The van der Waals surface area contributed by atoms with E-state index in [1.54, 1.807) is 0 Å². The minimum Gasteiger partial charge on any atom is -0.310 e. The Morgan fingerprint density at radius 2 is 0.348 bits per heavy atom. The fourth-order valence-electron chi connectivity index (χ4n) is 14.0. The van der Waals surface area contributed by atoms with Crippen LogP contribution in [0.25, 0.3) is 66.8 Å². The molecule has 5 nitrogen and oxygen atoms in total. The third kappa shape index (κ3) is 8.70. The number of hydrogen-bond acceptors (Lipinski definition) is 5. The Kier molecular flexibility index (Phi) is 12.5. The van der Waals surface area contributed by atoms with E-state index in [0.717, 1.165) is 119 Å². The first-order chi connectivity index (χ1) is 44.2. The van der Waals surface area contributed by atoms with Crippen LogP contribution in [0.3, 0.4) is 0 Å². The zero-order valence-electron chi connectivity index (χ0n) is 48.6. The molecule has 0 saturated carbocycles. The molecule has 3 aliphatic rings. The second-order valence-corrected chi connectivity index (χ2v) is 22.8. The molecule has 0 bridgehead atoms. The number of para-hydroxylation sites is 7. The normalized spacial score (nSPS) is 12.2. The van der Waals surface area contributed by atoms with E-state index in [0.29, 0.717) is 0 Å². The van der Waals surface area contributed by atoms with Crippen molar-refractivity contribution in [3.8, 4) is 66.8 Å². The van der Waals surface area contributed by atoms with Crippen molar-refractivity contribution in [2.24, 2.45) is 0 Å². The molecule has 0 N–H and O–H groups in total. The Balaban J connectivity index is 0.843. The lowest BCUT2D eigenvalue weighted by Crippen LogP contribution is -2.15. The van der Waals surface area contributed by atoms with Crippen molar-refractivity contribution in [2.75, 3.05) is 24.5 Å². The van der Waals surface area contributed by atoms with E-state index in [4.69, 9.17) is 0 Å². The van der Waals surface area contributed by atoms with Crippen LogP contribution in [0, 0.1) is 0 Å². The van der Waals surface area contributed by atoms with Crippen molar-refractivity contribution in [3.63, 3.8) is 0 Å². The van der Waals surface area contributed by atoms with E-state index < -0.39 is 0 Å². The quantitative estimate of drug-likeness (QED) is 0.143. The van der Waals surface area contributed by atoms with E-state index in [9.17, 15) is 0 Å². The average Bonchev–Trinajstić information content (AvgIpc) is 1.92. The summed E-state index contributed by atoms with van der Waals surface area (Å²) >= 11 is 0. The lowest BCUT2D eigenvalue weighted by atomic mass is 9.93. The number of fused-ring (bicyclic) bond motifs is 15. The maximum atomic E-state index is 2.46. The number of nitrogens with zero attached hydrogens (tertiary/aromatic N) is 5. The first-order valence-corrected chi connectivity index (χ1v) is 30.5. The van der Waals surface area contributed by atoms with E-state index in [-0.39, 0.29) is 0 Å². The maximum absolute atomic E-state index is 2.46. The zero-order valence-corrected chi connectivity index (χ0v) is 48.6. The summed E-state index contributed by atoms with van der Waals surface area (Å²) in [6.45, 7) is 0. The third-order valence-electron chi connectivity index (χ3n) is 17.8. The third-order valence-corrected chi connectivity index (χ3v) is 17.8. The van der Waals surface area contributed by atoms with Crippen LogP contribution in [0.2, 0.25) is 0 Å². The molecule has 418 valence electrons. The summed E-state index contributed by atoms with van der Waals surface area (Å²) in [5.74, 6) is 0. The largest absolute Gasteiger partial charge is 0.310 e. The molecule has 0 spiro atoms. The predicted octanol–water partition coefficient (Wildman–Crippen LogP) is 24.0. The summed E-state index contributed by atoms with van der Waals surface area (Å²) in [5.41, 5.74) is 30.4. The van der Waals surface area contributed by atoms with Gasteiger partial charge < -0.3 is 24.5 Å². The number of hydrogen-bond donors (Lipinski definition) is 0. The Bertz CT molecular complexity index is 4690. The van der Waals surface area contributed by atoms with E-state index in [2.05, 4.69) is 370 Å². The van der Waals surface area contributed by atoms with Crippen molar-refractivity contribution < 1.29 is 0 Å². The Labute approximate surface area is 519 Å². The van der Waals surface area contributed by atoms with Crippen molar-refractivity contribution in [1.29, 1.82) is 0 Å². The molecule has 0 aliphatic carbocycles. The van der Waals surface area contributed by atoms with Crippen LogP contribution >= 0.6 is 0 Å². The molecule has 0 atom stereocenters. The van der Waals surface area contributed by atoms with Crippen LogP contribution in [0.15, 0.2) is 346 Å². The molecule has 3 aliphatic heterocycles. The number of anilines is 15. The number of rotatable bonds is 9. The molecule has 0 aromatic heterocycles. The van der Waals surface area contributed by atoms with Gasteiger partial charge in [0.25, 0.3) is 0 Å². The molecule has 14 aromatic rings. The lowest BCUT2D eigenvalue weighted by Gasteiger charge is -2.32.